The Morgan fingerprint density at radius 3 is 1.30 bits per heavy atom. The van der Waals surface area contributed by atoms with Gasteiger partial charge in [0.05, 0.1) is 12.7 Å². The number of phenols is 1. The fourth-order valence-electron chi connectivity index (χ4n) is 7.19. The lowest BCUT2D eigenvalue weighted by Gasteiger charge is -2.07. The predicted molar refractivity (Wildman–Crippen MR) is 230 cm³/mol. The normalized spacial score (nSPS) is 10.9. The summed E-state index contributed by atoms with van der Waals surface area (Å²) in [5.41, 5.74) is 3.51. The third kappa shape index (κ3) is 23.4. The number of carbonyl (C=O) groups is 1. The maximum Gasteiger partial charge on any atom is 0.196 e. The summed E-state index contributed by atoms with van der Waals surface area (Å²) in [6.45, 7) is 4.56. The second-order valence-corrected chi connectivity index (χ2v) is 15.4. The minimum atomic E-state index is -0.124. The van der Waals surface area contributed by atoms with Crippen LogP contribution in [0.15, 0.2) is 72.8 Å². The summed E-state index contributed by atoms with van der Waals surface area (Å²) >= 11 is 0. The molecule has 0 radical (unpaired) electrons. The van der Waals surface area contributed by atoms with Crippen molar-refractivity contribution < 1.29 is 14.6 Å². The van der Waals surface area contributed by atoms with Crippen LogP contribution in [0.2, 0.25) is 0 Å². The van der Waals surface area contributed by atoms with Gasteiger partial charge < -0.3 is 9.84 Å². The zero-order valence-electron chi connectivity index (χ0n) is 34.5. The van der Waals surface area contributed by atoms with E-state index in [1.54, 1.807) is 31.4 Å². The largest absolute Gasteiger partial charge is 0.507 e. The molecule has 0 aliphatic rings. The monoisotopic (exact) mass is 727 g/mol. The van der Waals surface area contributed by atoms with Gasteiger partial charge in [-0.05, 0) is 61.1 Å². The molecule has 0 saturated carbocycles. The van der Waals surface area contributed by atoms with Crippen molar-refractivity contribution >= 4 is 5.78 Å². The third-order valence-corrected chi connectivity index (χ3v) is 10.6. The fourth-order valence-corrected chi connectivity index (χ4v) is 7.19. The van der Waals surface area contributed by atoms with Gasteiger partial charge in [0.2, 0.25) is 0 Å². The quantitative estimate of drug-likeness (QED) is 0.0530. The van der Waals surface area contributed by atoms with Crippen molar-refractivity contribution in [2.24, 2.45) is 0 Å². The van der Waals surface area contributed by atoms with E-state index in [0.29, 0.717) is 11.1 Å². The molecule has 0 atom stereocenters. The Hall–Kier alpha value is -3.07. The molecule has 0 aliphatic heterocycles. The molecule has 3 rings (SSSR count). The molecule has 0 aromatic heterocycles. The lowest BCUT2D eigenvalue weighted by Crippen LogP contribution is -2.02. The molecule has 3 aromatic rings. The van der Waals surface area contributed by atoms with Crippen molar-refractivity contribution in [3.05, 3.63) is 95.1 Å². The molecule has 0 aliphatic carbocycles. The molecule has 0 heterocycles. The molecule has 0 amide bonds. The van der Waals surface area contributed by atoms with Crippen LogP contribution in [0.5, 0.6) is 11.5 Å². The highest BCUT2D eigenvalue weighted by Gasteiger charge is 2.13. The van der Waals surface area contributed by atoms with Gasteiger partial charge >= 0.3 is 0 Å². The summed E-state index contributed by atoms with van der Waals surface area (Å²) in [6.07, 6.45) is 38.2. The minimum Gasteiger partial charge on any atom is -0.507 e. The van der Waals surface area contributed by atoms with Crippen LogP contribution in [0, 0.1) is 0 Å². The van der Waals surface area contributed by atoms with Crippen molar-refractivity contribution in [1.82, 2.24) is 0 Å². The van der Waals surface area contributed by atoms with E-state index >= 15 is 0 Å². The Morgan fingerprint density at radius 1 is 0.472 bits per heavy atom. The molecule has 0 spiro atoms. The lowest BCUT2D eigenvalue weighted by atomic mass is 9.98. The number of carbonyl (C=O) groups excluding carboxylic acids is 1. The number of ether oxygens (including phenoxy) is 1. The zero-order valence-corrected chi connectivity index (χ0v) is 34.5. The summed E-state index contributed by atoms with van der Waals surface area (Å²) in [4.78, 5) is 12.5. The number of benzene rings is 3. The highest BCUT2D eigenvalue weighted by molar-refractivity contribution is 6.10. The summed E-state index contributed by atoms with van der Waals surface area (Å²) in [6, 6.07) is 23.1. The van der Waals surface area contributed by atoms with Gasteiger partial charge in [0.25, 0.3) is 0 Å². The SMILES string of the molecule is CCCCCCCCCCCCCCCc1ccc(C(=O)c2ccccc2)c(O)c1.CCCCCCCCCCCCCCCc1cccc(OC)c1. The number of methoxy groups -OCH3 is 1. The van der Waals surface area contributed by atoms with Crippen LogP contribution in [0.4, 0.5) is 0 Å². The van der Waals surface area contributed by atoms with Gasteiger partial charge in [-0.3, -0.25) is 4.79 Å². The van der Waals surface area contributed by atoms with E-state index in [1.165, 1.54) is 173 Å². The van der Waals surface area contributed by atoms with Crippen molar-refractivity contribution in [1.29, 1.82) is 0 Å². The predicted octanol–water partition coefficient (Wildman–Crippen LogP) is 15.6. The molecule has 53 heavy (non-hydrogen) atoms. The Bertz CT molecular complexity index is 1280. The number of rotatable bonds is 31. The summed E-state index contributed by atoms with van der Waals surface area (Å²) in [5, 5.41) is 10.3. The first-order valence-corrected chi connectivity index (χ1v) is 22.1. The smallest absolute Gasteiger partial charge is 0.196 e. The van der Waals surface area contributed by atoms with Crippen LogP contribution in [0.3, 0.4) is 0 Å². The average molecular weight is 727 g/mol. The first kappa shape index (κ1) is 46.1. The molecule has 3 nitrogen and oxygen atoms in total. The van der Waals surface area contributed by atoms with Gasteiger partial charge in [0.1, 0.15) is 11.5 Å². The summed E-state index contributed by atoms with van der Waals surface area (Å²) < 4.78 is 5.27. The first-order valence-electron chi connectivity index (χ1n) is 22.1. The van der Waals surface area contributed by atoms with Crippen LogP contribution >= 0.6 is 0 Å². The number of unbranched alkanes of at least 4 members (excludes halogenated alkanes) is 24. The molecule has 0 unspecified atom stereocenters. The van der Waals surface area contributed by atoms with E-state index in [-0.39, 0.29) is 11.5 Å². The van der Waals surface area contributed by atoms with E-state index in [9.17, 15) is 9.90 Å². The van der Waals surface area contributed by atoms with Crippen LogP contribution in [-0.4, -0.2) is 18.0 Å². The third-order valence-electron chi connectivity index (χ3n) is 10.6. The highest BCUT2D eigenvalue weighted by Crippen LogP contribution is 2.24. The van der Waals surface area contributed by atoms with Crippen LogP contribution in [0.1, 0.15) is 208 Å². The molecular weight excluding hydrogens is 649 g/mol. The van der Waals surface area contributed by atoms with Crippen LogP contribution in [0.25, 0.3) is 0 Å². The molecule has 0 saturated heterocycles. The Morgan fingerprint density at radius 2 is 0.887 bits per heavy atom. The number of hydrogen-bond acceptors (Lipinski definition) is 3. The van der Waals surface area contributed by atoms with E-state index in [1.807, 2.05) is 30.3 Å². The van der Waals surface area contributed by atoms with E-state index < -0.39 is 0 Å². The maximum atomic E-state index is 12.5. The first-order chi connectivity index (χ1) is 26.1. The van der Waals surface area contributed by atoms with Gasteiger partial charge in [-0.1, -0.05) is 216 Å². The molecular formula is C50H78O3. The van der Waals surface area contributed by atoms with Gasteiger partial charge in [0, 0.05) is 5.56 Å². The number of aromatic hydroxyl groups is 1. The topological polar surface area (TPSA) is 46.5 Å². The van der Waals surface area contributed by atoms with Crippen LogP contribution in [-0.2, 0) is 12.8 Å². The van der Waals surface area contributed by atoms with E-state index in [0.717, 1.165) is 24.2 Å². The second-order valence-electron chi connectivity index (χ2n) is 15.4. The Kier molecular flexibility index (Phi) is 28.1. The number of hydrogen-bond donors (Lipinski definition) is 1. The minimum absolute atomic E-state index is 0.0936. The standard InChI is InChI=1S/C28H40O2.C22H38O/c1-2-3-4-5-6-7-8-9-10-11-12-13-15-18-24-21-22-26(27(29)23-24)28(30)25-19-16-14-17-20-25;1-3-4-5-6-7-8-9-10-11-12-13-14-15-17-21-18-16-19-22(20-21)23-2/h14,16-17,19-23,29H,2-13,15,18H2,1H3;16,18-20H,3-15,17H2,1-2H3. The molecule has 296 valence electrons. The fraction of sp³-hybridized carbons (Fsp3) is 0.620. The number of ketones is 1. The summed E-state index contributed by atoms with van der Waals surface area (Å²) in [5.74, 6) is 0.953. The van der Waals surface area contributed by atoms with Gasteiger partial charge in [-0.15, -0.1) is 0 Å². The van der Waals surface area contributed by atoms with Gasteiger partial charge in [-0.25, -0.2) is 0 Å². The second kappa shape index (κ2) is 32.4. The van der Waals surface area contributed by atoms with E-state index in [2.05, 4.69) is 32.0 Å². The Balaban J connectivity index is 0.000000381. The molecule has 0 fully saturated rings. The molecule has 3 heteroatoms. The van der Waals surface area contributed by atoms with Gasteiger partial charge in [0.15, 0.2) is 5.78 Å². The number of phenolic OH excluding ortho intramolecular Hbond substituents is 1. The van der Waals surface area contributed by atoms with Gasteiger partial charge in [-0.2, -0.15) is 0 Å². The molecule has 1 N–H and O–H groups in total. The average Bonchev–Trinajstić information content (AvgIpc) is 3.19. The van der Waals surface area contributed by atoms with Crippen molar-refractivity contribution in [3.8, 4) is 11.5 Å². The summed E-state index contributed by atoms with van der Waals surface area (Å²) in [7, 11) is 1.74. The highest BCUT2D eigenvalue weighted by atomic mass is 16.5. The molecule has 3 aromatic carbocycles. The molecule has 0 bridgehead atoms. The van der Waals surface area contributed by atoms with E-state index in [4.69, 9.17) is 4.74 Å². The Labute approximate surface area is 326 Å². The lowest BCUT2D eigenvalue weighted by molar-refractivity contribution is 0.103. The van der Waals surface area contributed by atoms with Crippen molar-refractivity contribution in [2.75, 3.05) is 7.11 Å². The van der Waals surface area contributed by atoms with Crippen LogP contribution < -0.4 is 4.74 Å². The number of aryl methyl sites for hydroxylation is 2. The van der Waals surface area contributed by atoms with Crippen molar-refractivity contribution in [2.45, 2.75) is 194 Å². The zero-order chi connectivity index (χ0) is 38.0. The van der Waals surface area contributed by atoms with Crippen molar-refractivity contribution in [3.63, 3.8) is 0 Å². The maximum absolute atomic E-state index is 12.5.